The number of hydrogen-bond donors (Lipinski definition) is 0. The Labute approximate surface area is 231 Å². The van der Waals surface area contributed by atoms with E-state index < -0.39 is 0 Å². The molecule has 9 heteroatoms. The smallest absolute Gasteiger partial charge is 0.298 e. The summed E-state index contributed by atoms with van der Waals surface area (Å²) in [4.78, 5) is 21.8. The number of aromatic nitrogens is 2. The predicted octanol–water partition coefficient (Wildman–Crippen LogP) is 4.85. The highest BCUT2D eigenvalue weighted by molar-refractivity contribution is 7.07. The fourth-order valence-electron chi connectivity index (χ4n) is 4.76. The van der Waals surface area contributed by atoms with Gasteiger partial charge in [-0.25, -0.2) is 0 Å². The Kier molecular flexibility index (Phi) is 7.42. The Morgan fingerprint density at radius 2 is 1.62 bits per heavy atom. The van der Waals surface area contributed by atoms with Crippen molar-refractivity contribution >= 4 is 17.4 Å². The second-order valence-electron chi connectivity index (χ2n) is 9.91. The Morgan fingerprint density at radius 1 is 0.897 bits per heavy atom. The summed E-state index contributed by atoms with van der Waals surface area (Å²) in [5, 5.41) is 0.513. The third-order valence-corrected chi connectivity index (χ3v) is 7.62. The van der Waals surface area contributed by atoms with Gasteiger partial charge in [-0.1, -0.05) is 48.0 Å². The van der Waals surface area contributed by atoms with E-state index in [9.17, 15) is 4.79 Å². The van der Waals surface area contributed by atoms with Crippen LogP contribution in [-0.2, 0) is 24.2 Å². The topological polar surface area (TPSA) is 77.0 Å². The van der Waals surface area contributed by atoms with Gasteiger partial charge in [-0.2, -0.15) is 9.36 Å². The monoisotopic (exact) mass is 542 g/mol. The highest BCUT2D eigenvalue weighted by Crippen LogP contribution is 2.33. The van der Waals surface area contributed by atoms with E-state index in [0.29, 0.717) is 23.8 Å². The van der Waals surface area contributed by atoms with Crippen molar-refractivity contribution in [3.63, 3.8) is 0 Å². The first-order valence-corrected chi connectivity index (χ1v) is 13.9. The van der Waals surface area contributed by atoms with Gasteiger partial charge in [0, 0.05) is 50.7 Å². The summed E-state index contributed by atoms with van der Waals surface area (Å²) >= 11 is 1.25. The van der Waals surface area contributed by atoms with Gasteiger partial charge in [-0.15, -0.1) is 0 Å². The SMILES string of the molecule is Cc1ccc(Cc2nsc(Oc3ccc(CC(=O)N4CCN(Cc5ccc6c(c5)OCO6)CC4)cc3)n2)cc1. The quantitative estimate of drug-likeness (QED) is 0.315. The van der Waals surface area contributed by atoms with Crippen molar-refractivity contribution in [2.24, 2.45) is 0 Å². The van der Waals surface area contributed by atoms with E-state index in [1.807, 2.05) is 41.3 Å². The van der Waals surface area contributed by atoms with Gasteiger partial charge >= 0.3 is 0 Å². The molecule has 0 unspecified atom stereocenters. The van der Waals surface area contributed by atoms with Crippen molar-refractivity contribution in [1.29, 1.82) is 0 Å². The second-order valence-corrected chi connectivity index (χ2v) is 10.6. The van der Waals surface area contributed by atoms with Crippen LogP contribution in [0.3, 0.4) is 0 Å². The maximum atomic E-state index is 12.9. The molecular weight excluding hydrogens is 512 g/mol. The molecule has 0 saturated carbocycles. The summed E-state index contributed by atoms with van der Waals surface area (Å²) in [6.07, 6.45) is 1.05. The fourth-order valence-corrected chi connectivity index (χ4v) is 5.32. The third kappa shape index (κ3) is 6.38. The lowest BCUT2D eigenvalue weighted by Crippen LogP contribution is -2.48. The van der Waals surface area contributed by atoms with Crippen molar-refractivity contribution < 1.29 is 19.0 Å². The van der Waals surface area contributed by atoms with Crippen molar-refractivity contribution in [1.82, 2.24) is 19.2 Å². The molecule has 6 rings (SSSR count). The van der Waals surface area contributed by atoms with Gasteiger partial charge in [0.05, 0.1) is 6.42 Å². The summed E-state index contributed by atoms with van der Waals surface area (Å²) in [7, 11) is 0. The van der Waals surface area contributed by atoms with Crippen LogP contribution in [0.2, 0.25) is 0 Å². The molecule has 4 aromatic rings. The largest absolute Gasteiger partial charge is 0.454 e. The molecule has 200 valence electrons. The van der Waals surface area contributed by atoms with Crippen molar-refractivity contribution in [2.75, 3.05) is 33.0 Å². The molecule has 2 aliphatic rings. The number of carbonyl (C=O) groups excluding carboxylic acids is 1. The standard InChI is InChI=1S/C30H30N4O4S/c1-21-2-4-22(5-3-21)17-28-31-30(39-32-28)38-25-9-6-23(7-10-25)18-29(35)34-14-12-33(13-15-34)19-24-8-11-26-27(16-24)37-20-36-26/h2-11,16H,12-15,17-20H2,1H3. The molecule has 0 aliphatic carbocycles. The minimum atomic E-state index is 0.149. The number of benzene rings is 3. The van der Waals surface area contributed by atoms with Gasteiger partial charge in [0.2, 0.25) is 12.7 Å². The van der Waals surface area contributed by atoms with Crippen LogP contribution in [0.1, 0.15) is 28.1 Å². The van der Waals surface area contributed by atoms with E-state index in [1.165, 1.54) is 28.2 Å². The van der Waals surface area contributed by atoms with E-state index in [-0.39, 0.29) is 12.7 Å². The number of piperazine rings is 1. The number of ether oxygens (including phenoxy) is 3. The Morgan fingerprint density at radius 3 is 2.41 bits per heavy atom. The molecule has 8 nitrogen and oxygen atoms in total. The van der Waals surface area contributed by atoms with Gasteiger partial charge in [-0.05, 0) is 47.9 Å². The van der Waals surface area contributed by atoms with Gasteiger partial charge < -0.3 is 19.1 Å². The number of carbonyl (C=O) groups is 1. The van der Waals surface area contributed by atoms with E-state index in [4.69, 9.17) is 14.2 Å². The molecular formula is C30H30N4O4S. The van der Waals surface area contributed by atoms with E-state index >= 15 is 0 Å². The van der Waals surface area contributed by atoms with Crippen LogP contribution in [0.25, 0.3) is 0 Å². The zero-order valence-electron chi connectivity index (χ0n) is 21.8. The number of fused-ring (bicyclic) bond motifs is 1. The first kappa shape index (κ1) is 25.3. The molecule has 0 radical (unpaired) electrons. The Hall–Kier alpha value is -3.95. The molecule has 1 aromatic heterocycles. The van der Waals surface area contributed by atoms with Crippen molar-refractivity contribution in [3.8, 4) is 22.4 Å². The molecule has 0 bridgehead atoms. The van der Waals surface area contributed by atoms with E-state index in [0.717, 1.165) is 55.6 Å². The lowest BCUT2D eigenvalue weighted by molar-refractivity contribution is -0.132. The molecule has 0 atom stereocenters. The van der Waals surface area contributed by atoms with Crippen LogP contribution >= 0.6 is 11.5 Å². The molecule has 0 spiro atoms. The van der Waals surface area contributed by atoms with Crippen LogP contribution in [-0.4, -0.2) is 58.0 Å². The number of nitrogens with zero attached hydrogens (tertiary/aromatic N) is 4. The normalized spacial score (nSPS) is 14.9. The lowest BCUT2D eigenvalue weighted by atomic mass is 10.1. The fraction of sp³-hybridized carbons (Fsp3) is 0.300. The van der Waals surface area contributed by atoms with E-state index in [1.54, 1.807) is 0 Å². The molecule has 2 aliphatic heterocycles. The summed E-state index contributed by atoms with van der Waals surface area (Å²) < 4.78 is 21.2. The number of aryl methyl sites for hydroxylation is 1. The van der Waals surface area contributed by atoms with Crippen LogP contribution < -0.4 is 14.2 Å². The molecule has 3 heterocycles. The summed E-state index contributed by atoms with van der Waals surface area (Å²) in [5.74, 6) is 3.19. The Balaban J connectivity index is 0.961. The molecule has 0 N–H and O–H groups in total. The van der Waals surface area contributed by atoms with Crippen LogP contribution in [0.4, 0.5) is 0 Å². The lowest BCUT2D eigenvalue weighted by Gasteiger charge is -2.35. The van der Waals surface area contributed by atoms with Crippen LogP contribution in [0.5, 0.6) is 22.4 Å². The zero-order valence-corrected chi connectivity index (χ0v) is 22.7. The maximum absolute atomic E-state index is 12.9. The first-order chi connectivity index (χ1) is 19.1. The molecule has 1 saturated heterocycles. The summed E-state index contributed by atoms with van der Waals surface area (Å²) in [5.41, 5.74) is 4.56. The number of rotatable bonds is 8. The first-order valence-electron chi connectivity index (χ1n) is 13.1. The van der Waals surface area contributed by atoms with Gasteiger partial charge in [0.25, 0.3) is 5.19 Å². The van der Waals surface area contributed by atoms with Crippen molar-refractivity contribution in [3.05, 3.63) is 94.8 Å². The minimum absolute atomic E-state index is 0.149. The van der Waals surface area contributed by atoms with Crippen LogP contribution in [0, 0.1) is 6.92 Å². The highest BCUT2D eigenvalue weighted by atomic mass is 32.1. The second kappa shape index (κ2) is 11.4. The van der Waals surface area contributed by atoms with E-state index in [2.05, 4.69) is 51.5 Å². The average Bonchev–Trinajstić information content (AvgIpc) is 3.60. The van der Waals surface area contributed by atoms with Gasteiger partial charge in [-0.3, -0.25) is 9.69 Å². The zero-order chi connectivity index (χ0) is 26.6. The average molecular weight is 543 g/mol. The molecule has 3 aromatic carbocycles. The molecule has 1 amide bonds. The van der Waals surface area contributed by atoms with Gasteiger partial charge in [0.15, 0.2) is 17.3 Å². The molecule has 1 fully saturated rings. The van der Waals surface area contributed by atoms with Crippen molar-refractivity contribution in [2.45, 2.75) is 26.3 Å². The summed E-state index contributed by atoms with van der Waals surface area (Å²) in [6, 6.07) is 22.1. The maximum Gasteiger partial charge on any atom is 0.298 e. The Bertz CT molecular complexity index is 1430. The predicted molar refractivity (Wildman–Crippen MR) is 149 cm³/mol. The summed E-state index contributed by atoms with van der Waals surface area (Å²) in [6.45, 7) is 6.35. The molecule has 39 heavy (non-hydrogen) atoms. The van der Waals surface area contributed by atoms with Gasteiger partial charge in [0.1, 0.15) is 5.75 Å². The number of hydrogen-bond acceptors (Lipinski definition) is 8. The highest BCUT2D eigenvalue weighted by Gasteiger charge is 2.22. The number of amides is 1. The third-order valence-electron chi connectivity index (χ3n) is 6.98. The minimum Gasteiger partial charge on any atom is -0.454 e. The van der Waals surface area contributed by atoms with Crippen LogP contribution in [0.15, 0.2) is 66.7 Å².